The van der Waals surface area contributed by atoms with E-state index in [-0.39, 0.29) is 11.9 Å². The molecule has 0 aliphatic carbocycles. The highest BCUT2D eigenvalue weighted by Gasteiger charge is 2.25. The topological polar surface area (TPSA) is 75.3 Å². The zero-order valence-corrected chi connectivity index (χ0v) is 17.5. The van der Waals surface area contributed by atoms with Crippen molar-refractivity contribution in [1.29, 1.82) is 0 Å². The molecular weight excluding hydrogens is 374 g/mol. The summed E-state index contributed by atoms with van der Waals surface area (Å²) < 4.78 is 27.0. The first-order chi connectivity index (χ1) is 14.0. The quantitative estimate of drug-likeness (QED) is 0.769. The van der Waals surface area contributed by atoms with Crippen LogP contribution in [0, 0.1) is 0 Å². The zero-order valence-electron chi connectivity index (χ0n) is 17.5. The first-order valence-corrected chi connectivity index (χ1v) is 9.39. The number of carbonyl (C=O) groups is 1. The summed E-state index contributed by atoms with van der Waals surface area (Å²) in [6.07, 6.45) is 2.19. The van der Waals surface area contributed by atoms with Crippen LogP contribution in [0.25, 0.3) is 0 Å². The average Bonchev–Trinajstić information content (AvgIpc) is 2.89. The Morgan fingerprint density at radius 2 is 1.41 bits per heavy atom. The van der Waals surface area contributed by atoms with Crippen LogP contribution >= 0.6 is 0 Å². The van der Waals surface area contributed by atoms with Gasteiger partial charge in [0.05, 0.1) is 35.5 Å². The fourth-order valence-electron chi connectivity index (χ4n) is 3.70. The summed E-state index contributed by atoms with van der Waals surface area (Å²) in [5, 5.41) is 3.13. The molecule has 0 saturated heterocycles. The predicted molar refractivity (Wildman–Crippen MR) is 109 cm³/mol. The van der Waals surface area contributed by atoms with Gasteiger partial charge in [-0.3, -0.25) is 4.79 Å². The molecule has 0 bridgehead atoms. The average molecular weight is 401 g/mol. The summed E-state index contributed by atoms with van der Waals surface area (Å²) in [7, 11) is 7.91. The molecule has 0 radical (unpaired) electrons. The monoisotopic (exact) mass is 401 g/mol. The minimum Gasteiger partial charge on any atom is -0.493 e. The smallest absolute Gasteiger partial charge is 0.251 e. The fraction of sp³-hybridized carbons (Fsp3) is 0.409. The van der Waals surface area contributed by atoms with Gasteiger partial charge in [-0.05, 0) is 54.7 Å². The van der Waals surface area contributed by atoms with Gasteiger partial charge in [0.1, 0.15) is 0 Å². The van der Waals surface area contributed by atoms with Crippen LogP contribution in [0.1, 0.15) is 27.9 Å². The molecule has 156 valence electrons. The van der Waals surface area contributed by atoms with E-state index in [4.69, 9.17) is 23.7 Å². The van der Waals surface area contributed by atoms with Gasteiger partial charge >= 0.3 is 0 Å². The van der Waals surface area contributed by atoms with Crippen molar-refractivity contribution in [2.24, 2.45) is 0 Å². The van der Waals surface area contributed by atoms with E-state index < -0.39 is 0 Å². The number of fused-ring (bicyclic) bond motifs is 1. The molecular formula is C22H27NO6. The summed E-state index contributed by atoms with van der Waals surface area (Å²) in [4.78, 5) is 12.8. The third-order valence-electron chi connectivity index (χ3n) is 5.16. The van der Waals surface area contributed by atoms with E-state index in [9.17, 15) is 4.79 Å². The van der Waals surface area contributed by atoms with Crippen molar-refractivity contribution < 1.29 is 28.5 Å². The number of nitrogens with one attached hydrogen (secondary N) is 1. The van der Waals surface area contributed by atoms with Crippen LogP contribution in [-0.2, 0) is 12.8 Å². The van der Waals surface area contributed by atoms with Gasteiger partial charge < -0.3 is 29.0 Å². The molecule has 2 aromatic carbocycles. The van der Waals surface area contributed by atoms with Gasteiger partial charge in [0, 0.05) is 11.6 Å². The standard InChI is InChI=1S/C22H27NO6/c1-25-17-11-14-6-7-15(23-22(24)16(14)12-18(17)26-2)8-13-9-19(27-3)21(29-5)20(10-13)28-4/h9-12,15H,6-8H2,1-5H3,(H,23,24). The van der Waals surface area contributed by atoms with Crippen LogP contribution in [0.4, 0.5) is 0 Å². The lowest BCUT2D eigenvalue weighted by molar-refractivity contribution is 0.0939. The number of benzene rings is 2. The molecule has 0 aromatic heterocycles. The summed E-state index contributed by atoms with van der Waals surface area (Å²) in [6, 6.07) is 7.42. The normalized spacial score (nSPS) is 15.6. The predicted octanol–water partition coefficient (Wildman–Crippen LogP) is 3.02. The molecule has 29 heavy (non-hydrogen) atoms. The summed E-state index contributed by atoms with van der Waals surface area (Å²) in [5.41, 5.74) is 2.56. The molecule has 0 spiro atoms. The van der Waals surface area contributed by atoms with Crippen LogP contribution < -0.4 is 29.0 Å². The van der Waals surface area contributed by atoms with Crippen molar-refractivity contribution in [2.45, 2.75) is 25.3 Å². The van der Waals surface area contributed by atoms with E-state index in [1.165, 1.54) is 0 Å². The van der Waals surface area contributed by atoms with Gasteiger partial charge in [-0.25, -0.2) is 0 Å². The van der Waals surface area contributed by atoms with Crippen LogP contribution in [0.15, 0.2) is 24.3 Å². The first-order valence-electron chi connectivity index (χ1n) is 9.39. The van der Waals surface area contributed by atoms with Gasteiger partial charge in [-0.15, -0.1) is 0 Å². The Hall–Kier alpha value is -3.09. The molecule has 7 nitrogen and oxygen atoms in total. The molecule has 0 saturated carbocycles. The Kier molecular flexibility index (Phi) is 6.36. The number of carbonyl (C=O) groups excluding carboxylic acids is 1. The van der Waals surface area contributed by atoms with Crippen molar-refractivity contribution in [1.82, 2.24) is 5.32 Å². The fourth-order valence-corrected chi connectivity index (χ4v) is 3.70. The van der Waals surface area contributed by atoms with Gasteiger partial charge in [0.2, 0.25) is 5.75 Å². The highest BCUT2D eigenvalue weighted by molar-refractivity contribution is 5.97. The maximum atomic E-state index is 12.8. The van der Waals surface area contributed by atoms with E-state index in [0.717, 1.165) is 24.0 Å². The number of hydrogen-bond acceptors (Lipinski definition) is 6. The highest BCUT2D eigenvalue weighted by atomic mass is 16.5. The Labute approximate surface area is 170 Å². The summed E-state index contributed by atoms with van der Waals surface area (Å²) in [6.45, 7) is 0. The van der Waals surface area contributed by atoms with Crippen molar-refractivity contribution in [3.05, 3.63) is 41.0 Å². The van der Waals surface area contributed by atoms with Crippen LogP contribution in [0.2, 0.25) is 0 Å². The second-order valence-corrected chi connectivity index (χ2v) is 6.81. The minimum absolute atomic E-state index is 0.0327. The number of hydrogen-bond donors (Lipinski definition) is 1. The maximum Gasteiger partial charge on any atom is 0.251 e. The maximum absolute atomic E-state index is 12.8. The Morgan fingerprint density at radius 1 is 0.828 bits per heavy atom. The molecule has 1 unspecified atom stereocenters. The van der Waals surface area contributed by atoms with E-state index in [1.54, 1.807) is 41.6 Å². The molecule has 7 heteroatoms. The Balaban J connectivity index is 1.85. The molecule has 1 aliphatic heterocycles. The van der Waals surface area contributed by atoms with E-state index in [0.29, 0.717) is 40.7 Å². The number of aryl methyl sites for hydroxylation is 1. The van der Waals surface area contributed by atoms with Crippen molar-refractivity contribution in [3.8, 4) is 28.7 Å². The summed E-state index contributed by atoms with van der Waals surface area (Å²) in [5.74, 6) is 2.80. The molecule has 2 aromatic rings. The van der Waals surface area contributed by atoms with Crippen LogP contribution in [0.5, 0.6) is 28.7 Å². The van der Waals surface area contributed by atoms with E-state index >= 15 is 0 Å². The van der Waals surface area contributed by atoms with E-state index in [2.05, 4.69) is 5.32 Å². The van der Waals surface area contributed by atoms with Gasteiger partial charge in [-0.1, -0.05) is 0 Å². The van der Waals surface area contributed by atoms with Crippen LogP contribution in [0.3, 0.4) is 0 Å². The molecule has 1 N–H and O–H groups in total. The SMILES string of the molecule is COc1cc2c(cc1OC)C(=O)NC(Cc1cc(OC)c(OC)c(OC)c1)CC2. The van der Waals surface area contributed by atoms with Crippen molar-refractivity contribution in [3.63, 3.8) is 0 Å². The number of rotatable bonds is 7. The number of methoxy groups -OCH3 is 5. The summed E-state index contributed by atoms with van der Waals surface area (Å²) >= 11 is 0. The first kappa shape index (κ1) is 20.6. The second kappa shape index (κ2) is 8.94. The van der Waals surface area contributed by atoms with Crippen LogP contribution in [-0.4, -0.2) is 47.5 Å². The van der Waals surface area contributed by atoms with Gasteiger partial charge in [0.25, 0.3) is 5.91 Å². The number of ether oxygens (including phenoxy) is 5. The molecule has 1 heterocycles. The van der Waals surface area contributed by atoms with E-state index in [1.807, 2.05) is 18.2 Å². The molecule has 0 fully saturated rings. The lowest BCUT2D eigenvalue weighted by Crippen LogP contribution is -2.35. The van der Waals surface area contributed by atoms with Crippen molar-refractivity contribution >= 4 is 5.91 Å². The highest BCUT2D eigenvalue weighted by Crippen LogP contribution is 2.39. The zero-order chi connectivity index (χ0) is 21.0. The Morgan fingerprint density at radius 3 is 1.97 bits per heavy atom. The minimum atomic E-state index is -0.115. The molecule has 1 aliphatic rings. The van der Waals surface area contributed by atoms with Gasteiger partial charge in [-0.2, -0.15) is 0 Å². The largest absolute Gasteiger partial charge is 0.493 e. The number of amides is 1. The molecule has 3 rings (SSSR count). The second-order valence-electron chi connectivity index (χ2n) is 6.81. The molecule has 1 atom stereocenters. The lowest BCUT2D eigenvalue weighted by atomic mass is 9.98. The third-order valence-corrected chi connectivity index (χ3v) is 5.16. The molecule has 1 amide bonds. The van der Waals surface area contributed by atoms with Gasteiger partial charge in [0.15, 0.2) is 23.0 Å². The third kappa shape index (κ3) is 4.18. The van der Waals surface area contributed by atoms with Crippen molar-refractivity contribution in [2.75, 3.05) is 35.5 Å². The lowest BCUT2D eigenvalue weighted by Gasteiger charge is -2.18. The Bertz CT molecular complexity index is 870.